The first-order valence-corrected chi connectivity index (χ1v) is 7.43. The summed E-state index contributed by atoms with van der Waals surface area (Å²) in [6.45, 7) is 5.01. The molecule has 2 heterocycles. The summed E-state index contributed by atoms with van der Waals surface area (Å²) in [6.07, 6.45) is 3.66. The number of aromatic nitrogens is 4. The van der Waals surface area contributed by atoms with Crippen molar-refractivity contribution in [3.05, 3.63) is 28.3 Å². The van der Waals surface area contributed by atoms with Crippen LogP contribution in [0.15, 0.2) is 6.20 Å². The molecule has 0 radical (unpaired) electrons. The number of halogens is 1. The van der Waals surface area contributed by atoms with Crippen LogP contribution >= 0.6 is 23.3 Å². The van der Waals surface area contributed by atoms with Crippen molar-refractivity contribution in [2.75, 3.05) is 6.54 Å². The molecule has 1 atom stereocenters. The van der Waals surface area contributed by atoms with E-state index in [0.29, 0.717) is 0 Å². The molecule has 0 spiro atoms. The minimum Gasteiger partial charge on any atom is -0.308 e. The van der Waals surface area contributed by atoms with Crippen LogP contribution in [-0.2, 0) is 13.5 Å². The van der Waals surface area contributed by atoms with Crippen LogP contribution in [-0.4, -0.2) is 25.1 Å². The molecule has 0 saturated carbocycles. The molecule has 0 fully saturated rings. The number of rotatable bonds is 6. The molecular weight excluding hydrogens is 282 g/mol. The fourth-order valence-electron chi connectivity index (χ4n) is 2.02. The van der Waals surface area contributed by atoms with E-state index in [1.165, 1.54) is 11.7 Å². The van der Waals surface area contributed by atoms with Crippen LogP contribution in [0.3, 0.4) is 0 Å². The van der Waals surface area contributed by atoms with Crippen LogP contribution in [0.5, 0.6) is 0 Å². The Bertz CT molecular complexity index is 522. The molecule has 0 aliphatic carbocycles. The fraction of sp³-hybridized carbons (Fsp3) is 0.583. The summed E-state index contributed by atoms with van der Waals surface area (Å²) in [5, 5.41) is 8.58. The Morgan fingerprint density at radius 2 is 2.32 bits per heavy atom. The monoisotopic (exact) mass is 299 g/mol. The number of nitrogens with one attached hydrogen (secondary N) is 1. The van der Waals surface area contributed by atoms with Crippen LogP contribution in [0, 0.1) is 6.92 Å². The lowest BCUT2D eigenvalue weighted by Crippen LogP contribution is -2.25. The van der Waals surface area contributed by atoms with E-state index in [9.17, 15) is 0 Å². The molecule has 1 unspecified atom stereocenters. The highest BCUT2D eigenvalue weighted by Crippen LogP contribution is 2.25. The molecule has 2 aromatic heterocycles. The maximum atomic E-state index is 6.31. The van der Waals surface area contributed by atoms with Crippen molar-refractivity contribution in [1.29, 1.82) is 0 Å². The summed E-state index contributed by atoms with van der Waals surface area (Å²) in [7, 11) is 1.92. The summed E-state index contributed by atoms with van der Waals surface area (Å²) < 4.78 is 10.3. The molecule has 19 heavy (non-hydrogen) atoms. The highest BCUT2D eigenvalue weighted by Gasteiger charge is 2.19. The lowest BCUT2D eigenvalue weighted by atomic mass is 10.1. The third kappa shape index (κ3) is 3.32. The second-order valence-electron chi connectivity index (χ2n) is 4.51. The molecule has 5 nitrogen and oxygen atoms in total. The number of hydrogen-bond acceptors (Lipinski definition) is 5. The molecule has 1 N–H and O–H groups in total. The highest BCUT2D eigenvalue weighted by atomic mass is 35.5. The minimum atomic E-state index is 0.131. The predicted octanol–water partition coefficient (Wildman–Crippen LogP) is 2.52. The number of hydrogen-bond donors (Lipinski definition) is 1. The first-order chi connectivity index (χ1) is 9.13. The van der Waals surface area contributed by atoms with E-state index in [1.54, 1.807) is 0 Å². The van der Waals surface area contributed by atoms with Crippen molar-refractivity contribution < 1.29 is 0 Å². The Morgan fingerprint density at radius 3 is 2.84 bits per heavy atom. The van der Waals surface area contributed by atoms with Crippen molar-refractivity contribution in [2.24, 2.45) is 7.05 Å². The highest BCUT2D eigenvalue weighted by molar-refractivity contribution is 6.99. The van der Waals surface area contributed by atoms with Gasteiger partial charge >= 0.3 is 0 Å². The molecule has 7 heteroatoms. The summed E-state index contributed by atoms with van der Waals surface area (Å²) in [5.74, 6) is 0. The van der Waals surface area contributed by atoms with Gasteiger partial charge < -0.3 is 5.32 Å². The summed E-state index contributed by atoms with van der Waals surface area (Å²) in [4.78, 5) is 0. The van der Waals surface area contributed by atoms with E-state index in [0.717, 1.165) is 41.5 Å². The van der Waals surface area contributed by atoms with Gasteiger partial charge in [0.15, 0.2) is 0 Å². The van der Waals surface area contributed by atoms with Gasteiger partial charge in [-0.2, -0.15) is 13.8 Å². The quantitative estimate of drug-likeness (QED) is 0.890. The van der Waals surface area contributed by atoms with E-state index in [1.807, 2.05) is 24.9 Å². The van der Waals surface area contributed by atoms with Crippen LogP contribution in [0.25, 0.3) is 0 Å². The van der Waals surface area contributed by atoms with Crippen LogP contribution in [0.1, 0.15) is 36.5 Å². The average Bonchev–Trinajstić information content (AvgIpc) is 2.98. The Hall–Kier alpha value is -0.980. The topological polar surface area (TPSA) is 55.6 Å². The lowest BCUT2D eigenvalue weighted by Gasteiger charge is -2.16. The summed E-state index contributed by atoms with van der Waals surface area (Å²) >= 11 is 7.54. The smallest absolute Gasteiger partial charge is 0.0916 e. The van der Waals surface area contributed by atoms with Crippen LogP contribution in [0.2, 0.25) is 5.02 Å². The molecular formula is C12H18ClN5S. The first-order valence-electron chi connectivity index (χ1n) is 6.32. The molecule has 0 aliphatic rings. The van der Waals surface area contributed by atoms with Gasteiger partial charge in [-0.1, -0.05) is 18.5 Å². The molecule has 0 amide bonds. The van der Waals surface area contributed by atoms with Gasteiger partial charge in [0.1, 0.15) is 0 Å². The van der Waals surface area contributed by atoms with E-state index >= 15 is 0 Å². The van der Waals surface area contributed by atoms with E-state index < -0.39 is 0 Å². The summed E-state index contributed by atoms with van der Waals surface area (Å²) in [5.41, 5.74) is 2.86. The Morgan fingerprint density at radius 1 is 1.53 bits per heavy atom. The molecule has 2 rings (SSSR count). The fourth-order valence-corrected chi connectivity index (χ4v) is 2.73. The number of aryl methyl sites for hydroxylation is 2. The van der Waals surface area contributed by atoms with Gasteiger partial charge in [-0.05, 0) is 19.9 Å². The molecule has 0 aliphatic heterocycles. The van der Waals surface area contributed by atoms with Crippen molar-refractivity contribution in [3.63, 3.8) is 0 Å². The second-order valence-corrected chi connectivity index (χ2v) is 5.45. The predicted molar refractivity (Wildman–Crippen MR) is 77.6 cm³/mol. The van der Waals surface area contributed by atoms with Gasteiger partial charge in [0.05, 0.1) is 46.1 Å². The van der Waals surface area contributed by atoms with Crippen molar-refractivity contribution >= 4 is 23.3 Å². The zero-order chi connectivity index (χ0) is 13.8. The van der Waals surface area contributed by atoms with E-state index in [2.05, 4.69) is 26.1 Å². The van der Waals surface area contributed by atoms with E-state index in [-0.39, 0.29) is 6.04 Å². The van der Waals surface area contributed by atoms with Crippen molar-refractivity contribution in [3.8, 4) is 0 Å². The Kier molecular flexibility index (Phi) is 4.90. The molecule has 0 aromatic carbocycles. The normalized spacial score (nSPS) is 12.8. The molecule has 2 aromatic rings. The first kappa shape index (κ1) is 14.4. The van der Waals surface area contributed by atoms with Crippen molar-refractivity contribution in [1.82, 2.24) is 23.8 Å². The maximum absolute atomic E-state index is 6.31. The molecule has 104 valence electrons. The third-order valence-electron chi connectivity index (χ3n) is 3.04. The second kappa shape index (κ2) is 6.45. The minimum absolute atomic E-state index is 0.131. The number of nitrogens with zero attached hydrogens (tertiary/aromatic N) is 4. The van der Waals surface area contributed by atoms with Crippen LogP contribution < -0.4 is 5.32 Å². The zero-order valence-electron chi connectivity index (χ0n) is 11.4. The largest absolute Gasteiger partial charge is 0.308 e. The van der Waals surface area contributed by atoms with Gasteiger partial charge in [0.25, 0.3) is 0 Å². The Labute approximate surface area is 122 Å². The van der Waals surface area contributed by atoms with Gasteiger partial charge in [-0.3, -0.25) is 4.68 Å². The molecule has 0 saturated heterocycles. The van der Waals surface area contributed by atoms with Gasteiger partial charge in [-0.25, -0.2) is 0 Å². The molecule has 0 bridgehead atoms. The lowest BCUT2D eigenvalue weighted by molar-refractivity contribution is 0.505. The Balaban J connectivity index is 2.20. The van der Waals surface area contributed by atoms with Gasteiger partial charge in [-0.15, -0.1) is 0 Å². The maximum Gasteiger partial charge on any atom is 0.0916 e. The zero-order valence-corrected chi connectivity index (χ0v) is 12.9. The average molecular weight is 300 g/mol. The van der Waals surface area contributed by atoms with Crippen molar-refractivity contribution in [2.45, 2.75) is 32.7 Å². The van der Waals surface area contributed by atoms with E-state index in [4.69, 9.17) is 11.6 Å². The summed E-state index contributed by atoms with van der Waals surface area (Å²) in [6, 6.07) is 0.131. The van der Waals surface area contributed by atoms with Gasteiger partial charge in [0, 0.05) is 13.5 Å². The van der Waals surface area contributed by atoms with Gasteiger partial charge in [0.2, 0.25) is 0 Å². The van der Waals surface area contributed by atoms with Crippen LogP contribution in [0.4, 0.5) is 0 Å². The third-order valence-corrected chi connectivity index (χ3v) is 4.02. The standard InChI is InChI=1S/C12H18ClN5S/c1-4-5-14-9(10-7-15-19-17-10)6-11-12(13)8(2)16-18(11)3/h7,9,14H,4-6H2,1-3H3. The SMILES string of the molecule is CCCNC(Cc1c(Cl)c(C)nn1C)c1cnsn1.